The average molecular weight is 268 g/mol. The van der Waals surface area contributed by atoms with Gasteiger partial charge in [-0.3, -0.25) is 0 Å². The third kappa shape index (κ3) is 14.1. The predicted molar refractivity (Wildman–Crippen MR) is 66.7 cm³/mol. The molecule has 2 unspecified atom stereocenters. The fraction of sp³-hybridized carbons (Fsp3) is 1.00. The monoisotopic (exact) mass is 268 g/mol. The van der Waals surface area contributed by atoms with Crippen LogP contribution in [-0.4, -0.2) is 26.5 Å². The van der Waals surface area contributed by atoms with Crippen molar-refractivity contribution in [1.29, 1.82) is 0 Å². The van der Waals surface area contributed by atoms with Gasteiger partial charge in [-0.05, 0) is 22.0 Å². The Morgan fingerprint density at radius 1 is 0.688 bits per heavy atom. The molecule has 0 saturated carbocycles. The Hall–Kier alpha value is 0.120. The average Bonchev–Trinajstić information content (AvgIpc) is 2.20. The summed E-state index contributed by atoms with van der Waals surface area (Å²) < 4.78 is 31.1. The molecule has 0 fully saturated rings. The first kappa shape index (κ1) is 16.1. The van der Waals surface area contributed by atoms with Gasteiger partial charge in [-0.1, -0.05) is 25.7 Å². The maximum Gasteiger partial charge on any atom is 0.504 e. The van der Waals surface area contributed by atoms with Crippen LogP contribution in [0, 0.1) is 0 Å². The molecule has 0 bridgehead atoms. The fourth-order valence-corrected chi connectivity index (χ4v) is 2.07. The number of rotatable bonds is 11. The van der Waals surface area contributed by atoms with Gasteiger partial charge < -0.3 is 0 Å². The molecule has 0 N–H and O–H groups in total. The van der Waals surface area contributed by atoms with Crippen LogP contribution >= 0.6 is 16.1 Å². The zero-order valence-electron chi connectivity index (χ0n) is 10.2. The van der Waals surface area contributed by atoms with Crippen LogP contribution in [0.1, 0.15) is 38.5 Å². The molecule has 0 rings (SSSR count). The van der Waals surface area contributed by atoms with Crippen LogP contribution in [0.15, 0.2) is 0 Å². The van der Waals surface area contributed by atoms with E-state index in [1.54, 1.807) is 13.3 Å². The van der Waals surface area contributed by atoms with E-state index in [1.807, 2.05) is 0 Å². The topological polar surface area (TPSA) is 52.6 Å². The highest BCUT2D eigenvalue weighted by molar-refractivity contribution is 7.38. The molecule has 0 aliphatic carbocycles. The van der Waals surface area contributed by atoms with Crippen LogP contribution in [0.5, 0.6) is 0 Å². The van der Waals surface area contributed by atoms with E-state index < -0.39 is 16.1 Å². The molecule has 4 nitrogen and oxygen atoms in total. The van der Waals surface area contributed by atoms with Crippen LogP contribution in [0.3, 0.4) is 0 Å². The van der Waals surface area contributed by atoms with E-state index in [9.17, 15) is 9.13 Å². The van der Waals surface area contributed by atoms with Crippen molar-refractivity contribution in [2.45, 2.75) is 38.5 Å². The van der Waals surface area contributed by atoms with Crippen LogP contribution in [0.25, 0.3) is 0 Å². The highest BCUT2D eigenvalue weighted by Crippen LogP contribution is 2.17. The van der Waals surface area contributed by atoms with Crippen LogP contribution in [0.4, 0.5) is 0 Å². The summed E-state index contributed by atoms with van der Waals surface area (Å²) in [6, 6.07) is 0. The molecule has 0 aromatic heterocycles. The number of unbranched alkanes of at least 4 members (excludes halogenated alkanes) is 5. The first-order valence-corrected chi connectivity index (χ1v) is 8.95. The molecule has 16 heavy (non-hydrogen) atoms. The van der Waals surface area contributed by atoms with Crippen molar-refractivity contribution in [3.8, 4) is 0 Å². The summed E-state index contributed by atoms with van der Waals surface area (Å²) in [6.07, 6.45) is 6.53. The normalized spacial score (nSPS) is 12.6. The summed E-state index contributed by atoms with van der Waals surface area (Å²) in [6.45, 7) is 4.36. The molecule has 6 heteroatoms. The summed E-state index contributed by atoms with van der Waals surface area (Å²) in [7, 11) is -2.87. The van der Waals surface area contributed by atoms with E-state index in [2.05, 4.69) is 0 Å². The van der Waals surface area contributed by atoms with Crippen molar-refractivity contribution in [2.24, 2.45) is 0 Å². The lowest BCUT2D eigenvalue weighted by molar-refractivity contribution is 0.311. The largest absolute Gasteiger partial charge is 0.504 e. The molecule has 0 aromatic rings. The minimum atomic E-state index is -1.43. The maximum atomic E-state index is 10.6. The Morgan fingerprint density at radius 2 is 1.00 bits per heavy atom. The molecular weight excluding hydrogens is 246 g/mol. The lowest BCUT2D eigenvalue weighted by atomic mass is 10.1. The third-order valence-electron chi connectivity index (χ3n) is 2.08. The van der Waals surface area contributed by atoms with Crippen LogP contribution in [-0.2, 0) is 18.2 Å². The first-order valence-electron chi connectivity index (χ1n) is 5.70. The van der Waals surface area contributed by atoms with Crippen molar-refractivity contribution < 1.29 is 18.2 Å². The lowest BCUT2D eigenvalue weighted by Gasteiger charge is -1.98. The molecular formula is C10H22O4P2+2. The highest BCUT2D eigenvalue weighted by Gasteiger charge is 2.06. The van der Waals surface area contributed by atoms with E-state index in [4.69, 9.17) is 9.05 Å². The lowest BCUT2D eigenvalue weighted by Crippen LogP contribution is -1.89. The Labute approximate surface area is 99.8 Å². The molecule has 0 heterocycles. The second-order valence-corrected chi connectivity index (χ2v) is 5.94. The molecule has 94 valence electrons. The van der Waals surface area contributed by atoms with Crippen LogP contribution in [0.2, 0.25) is 0 Å². The van der Waals surface area contributed by atoms with Gasteiger partial charge >= 0.3 is 16.1 Å². The predicted octanol–water partition coefficient (Wildman–Crippen LogP) is 4.10. The summed E-state index contributed by atoms with van der Waals surface area (Å²) in [5, 5.41) is 0. The van der Waals surface area contributed by atoms with Crippen molar-refractivity contribution in [3.63, 3.8) is 0 Å². The zero-order valence-corrected chi connectivity index (χ0v) is 12.0. The summed E-state index contributed by atoms with van der Waals surface area (Å²) in [4.78, 5) is 0. The molecule has 0 spiro atoms. The molecule has 0 saturated heterocycles. The van der Waals surface area contributed by atoms with Gasteiger partial charge in [-0.15, -0.1) is 9.05 Å². The van der Waals surface area contributed by atoms with Gasteiger partial charge in [-0.2, -0.15) is 0 Å². The summed E-state index contributed by atoms with van der Waals surface area (Å²) >= 11 is 0. The maximum absolute atomic E-state index is 10.6. The molecule has 0 radical (unpaired) electrons. The molecule has 0 aromatic carbocycles. The van der Waals surface area contributed by atoms with Gasteiger partial charge in [-0.25, -0.2) is 0 Å². The smallest absolute Gasteiger partial charge is 0.147 e. The van der Waals surface area contributed by atoms with E-state index in [0.29, 0.717) is 13.2 Å². The quantitative estimate of drug-likeness (QED) is 0.418. The van der Waals surface area contributed by atoms with E-state index >= 15 is 0 Å². The summed E-state index contributed by atoms with van der Waals surface area (Å²) in [5.41, 5.74) is 0. The Bertz CT molecular complexity index is 187. The summed E-state index contributed by atoms with van der Waals surface area (Å²) in [5.74, 6) is 0. The SMILES string of the molecule is C[P+](=O)OCCCCCCCCO[P+](C)=O. The van der Waals surface area contributed by atoms with Crippen molar-refractivity contribution in [2.75, 3.05) is 26.5 Å². The van der Waals surface area contributed by atoms with Gasteiger partial charge in [0.25, 0.3) is 0 Å². The number of hydrogen-bond donors (Lipinski definition) is 0. The van der Waals surface area contributed by atoms with E-state index in [-0.39, 0.29) is 0 Å². The Kier molecular flexibility index (Phi) is 11.7. The second-order valence-electron chi connectivity index (χ2n) is 3.67. The number of hydrogen-bond acceptors (Lipinski definition) is 4. The Morgan fingerprint density at radius 3 is 1.31 bits per heavy atom. The first-order chi connectivity index (χ1) is 7.63. The Balaban J connectivity index is 2.98. The zero-order chi connectivity index (χ0) is 12.2. The van der Waals surface area contributed by atoms with Gasteiger partial charge in [0.05, 0.1) is 0 Å². The molecule has 0 aliphatic heterocycles. The molecule has 0 amide bonds. The van der Waals surface area contributed by atoms with E-state index in [0.717, 1.165) is 25.7 Å². The highest BCUT2D eigenvalue weighted by atomic mass is 31.1. The molecule has 2 atom stereocenters. The second kappa shape index (κ2) is 11.6. The van der Waals surface area contributed by atoms with Crippen LogP contribution < -0.4 is 0 Å². The van der Waals surface area contributed by atoms with Crippen molar-refractivity contribution in [3.05, 3.63) is 0 Å². The van der Waals surface area contributed by atoms with Gasteiger partial charge in [0.2, 0.25) is 0 Å². The van der Waals surface area contributed by atoms with Gasteiger partial charge in [0.1, 0.15) is 13.2 Å². The van der Waals surface area contributed by atoms with Crippen molar-refractivity contribution >= 4 is 16.1 Å². The minimum Gasteiger partial charge on any atom is -0.147 e. The standard InChI is InChI=1S/C10H22O4P2/c1-15(11)13-9-7-5-3-4-6-8-10-14-16(2)12/h3-10H2,1-2H3/q+2. The fourth-order valence-electron chi connectivity index (χ4n) is 1.30. The third-order valence-corrected chi connectivity index (χ3v) is 3.18. The van der Waals surface area contributed by atoms with Crippen molar-refractivity contribution in [1.82, 2.24) is 0 Å². The van der Waals surface area contributed by atoms with Gasteiger partial charge in [0.15, 0.2) is 13.3 Å². The van der Waals surface area contributed by atoms with E-state index in [1.165, 1.54) is 12.8 Å². The van der Waals surface area contributed by atoms with Gasteiger partial charge in [0, 0.05) is 0 Å². The minimum absolute atomic E-state index is 0.602. The molecule has 0 aliphatic rings.